The summed E-state index contributed by atoms with van der Waals surface area (Å²) in [5, 5.41) is 0. The van der Waals surface area contributed by atoms with E-state index in [2.05, 4.69) is 25.0 Å². The van der Waals surface area contributed by atoms with Crippen LogP contribution in [-0.4, -0.2) is 12.0 Å². The summed E-state index contributed by atoms with van der Waals surface area (Å²) in [6.45, 7) is 2.15. The third-order valence-electron chi connectivity index (χ3n) is 0.717. The third kappa shape index (κ3) is 5.91. The van der Waals surface area contributed by atoms with Gasteiger partial charge in [0.05, 0.1) is 5.75 Å². The maximum absolute atomic E-state index is 3.07. The van der Waals surface area contributed by atoms with Crippen LogP contribution in [0.3, 0.4) is 0 Å². The van der Waals surface area contributed by atoms with E-state index in [0.717, 1.165) is 12.2 Å². The lowest BCUT2D eigenvalue weighted by molar-refractivity contribution is 0.983. The largest absolute Gasteiger partial charge is 0.152 e. The van der Waals surface area contributed by atoms with Gasteiger partial charge in [0.15, 0.2) is 0 Å². The topological polar surface area (TPSA) is 0 Å². The predicted octanol–water partition coefficient (Wildman–Crippen LogP) is 2.15. The lowest BCUT2D eigenvalue weighted by Crippen LogP contribution is -1.66. The number of hydrogen-bond acceptors (Lipinski definition) is 1. The Morgan fingerprint density at radius 1 is 1.38 bits per heavy atom. The molecule has 0 rings (SSSR count). The highest BCUT2D eigenvalue weighted by molar-refractivity contribution is 7.98. The van der Waals surface area contributed by atoms with Gasteiger partial charge in [0.25, 0.3) is 0 Å². The summed E-state index contributed by atoms with van der Waals surface area (Å²) in [6.07, 6.45) is 4.31. The zero-order valence-electron chi connectivity index (χ0n) is 5.53. The Morgan fingerprint density at radius 3 is 2.62 bits per heavy atom. The number of thioether (sulfide) groups is 1. The van der Waals surface area contributed by atoms with E-state index in [1.165, 1.54) is 6.42 Å². The average molecular weight is 128 g/mol. The van der Waals surface area contributed by atoms with Gasteiger partial charge in [0.2, 0.25) is 0 Å². The van der Waals surface area contributed by atoms with E-state index in [4.69, 9.17) is 0 Å². The summed E-state index contributed by atoms with van der Waals surface area (Å²) in [5.41, 5.74) is 0. The van der Waals surface area contributed by atoms with Crippen LogP contribution in [0.5, 0.6) is 0 Å². The standard InChI is InChI=1S/C7H12S/c1-3-4-5-6-7-8-2/h3-4,7H2,1-2H3. The normalized spacial score (nSPS) is 7.75. The van der Waals surface area contributed by atoms with Crippen LogP contribution in [-0.2, 0) is 0 Å². The zero-order valence-corrected chi connectivity index (χ0v) is 6.35. The molecule has 8 heavy (non-hydrogen) atoms. The molecule has 1 heteroatoms. The van der Waals surface area contributed by atoms with Crippen molar-refractivity contribution >= 4 is 11.8 Å². The predicted molar refractivity (Wildman–Crippen MR) is 41.1 cm³/mol. The Hall–Kier alpha value is -0.0900. The molecule has 0 aromatic heterocycles. The van der Waals surface area contributed by atoms with E-state index in [1.54, 1.807) is 11.8 Å². The van der Waals surface area contributed by atoms with E-state index < -0.39 is 0 Å². The molecule has 0 saturated carbocycles. The molecule has 0 aliphatic carbocycles. The van der Waals surface area contributed by atoms with Crippen LogP contribution in [0.4, 0.5) is 0 Å². The smallest absolute Gasteiger partial charge is 0.0544 e. The van der Waals surface area contributed by atoms with E-state index >= 15 is 0 Å². The third-order valence-corrected chi connectivity index (χ3v) is 1.15. The van der Waals surface area contributed by atoms with E-state index in [1.807, 2.05) is 0 Å². The second-order valence-electron chi connectivity index (χ2n) is 1.54. The van der Waals surface area contributed by atoms with Crippen LogP contribution in [0.25, 0.3) is 0 Å². The fourth-order valence-electron chi connectivity index (χ4n) is 0.337. The van der Waals surface area contributed by atoms with Crippen LogP contribution >= 0.6 is 11.8 Å². The maximum atomic E-state index is 3.07. The van der Waals surface area contributed by atoms with Gasteiger partial charge in [-0.25, -0.2) is 0 Å². The molecule has 0 bridgehead atoms. The highest BCUT2D eigenvalue weighted by Gasteiger charge is 1.69. The van der Waals surface area contributed by atoms with Gasteiger partial charge in [0, 0.05) is 6.42 Å². The van der Waals surface area contributed by atoms with Crippen molar-refractivity contribution in [3.05, 3.63) is 0 Å². The molecular formula is C7H12S. The van der Waals surface area contributed by atoms with Crippen molar-refractivity contribution in [1.29, 1.82) is 0 Å². The second-order valence-corrected chi connectivity index (χ2v) is 2.40. The van der Waals surface area contributed by atoms with Crippen molar-refractivity contribution in [2.75, 3.05) is 12.0 Å². The number of hydrogen-bond donors (Lipinski definition) is 0. The summed E-state index contributed by atoms with van der Waals surface area (Å²) in [4.78, 5) is 0. The molecule has 0 N–H and O–H groups in total. The van der Waals surface area contributed by atoms with Crippen LogP contribution in [0.1, 0.15) is 19.8 Å². The summed E-state index contributed by atoms with van der Waals surface area (Å²) in [5.74, 6) is 7.10. The molecule has 0 radical (unpaired) electrons. The molecule has 0 aliphatic rings. The number of rotatable bonds is 2. The molecule has 0 saturated heterocycles. The van der Waals surface area contributed by atoms with Crippen LogP contribution < -0.4 is 0 Å². The van der Waals surface area contributed by atoms with Crippen molar-refractivity contribution in [3.63, 3.8) is 0 Å². The van der Waals surface area contributed by atoms with Gasteiger partial charge in [0.1, 0.15) is 0 Å². The minimum absolute atomic E-state index is 0.986. The molecular weight excluding hydrogens is 116 g/mol. The van der Waals surface area contributed by atoms with E-state index in [-0.39, 0.29) is 0 Å². The lowest BCUT2D eigenvalue weighted by atomic mass is 10.3. The van der Waals surface area contributed by atoms with Crippen molar-refractivity contribution in [2.24, 2.45) is 0 Å². The highest BCUT2D eigenvalue weighted by atomic mass is 32.2. The Bertz CT molecular complexity index is 76.3. The molecule has 0 heterocycles. The van der Waals surface area contributed by atoms with Gasteiger partial charge in [-0.05, 0) is 12.7 Å². The first kappa shape index (κ1) is 7.91. The first-order valence-corrected chi connectivity index (χ1v) is 4.25. The Balaban J connectivity index is 2.95. The molecule has 46 valence electrons. The summed E-state index contributed by atoms with van der Waals surface area (Å²) in [6, 6.07) is 0. The fraction of sp³-hybridized carbons (Fsp3) is 0.714. The molecule has 0 spiro atoms. The monoisotopic (exact) mass is 128 g/mol. The van der Waals surface area contributed by atoms with Crippen molar-refractivity contribution in [3.8, 4) is 11.8 Å². The van der Waals surface area contributed by atoms with Crippen molar-refractivity contribution in [1.82, 2.24) is 0 Å². The van der Waals surface area contributed by atoms with Crippen molar-refractivity contribution < 1.29 is 0 Å². The molecule has 0 aromatic carbocycles. The van der Waals surface area contributed by atoms with Crippen LogP contribution in [0, 0.1) is 11.8 Å². The van der Waals surface area contributed by atoms with E-state index in [9.17, 15) is 0 Å². The van der Waals surface area contributed by atoms with Crippen LogP contribution in [0.2, 0.25) is 0 Å². The Labute approximate surface area is 56.1 Å². The van der Waals surface area contributed by atoms with Gasteiger partial charge < -0.3 is 0 Å². The van der Waals surface area contributed by atoms with Gasteiger partial charge >= 0.3 is 0 Å². The van der Waals surface area contributed by atoms with Crippen molar-refractivity contribution in [2.45, 2.75) is 19.8 Å². The van der Waals surface area contributed by atoms with Gasteiger partial charge in [-0.2, -0.15) is 11.8 Å². The zero-order chi connectivity index (χ0) is 6.24. The van der Waals surface area contributed by atoms with Gasteiger partial charge in [-0.3, -0.25) is 0 Å². The first-order chi connectivity index (χ1) is 3.91. The number of unbranched alkanes of at least 4 members (excludes halogenated alkanes) is 1. The average Bonchev–Trinajstić information content (AvgIpc) is 1.81. The lowest BCUT2D eigenvalue weighted by Gasteiger charge is -1.78. The summed E-state index contributed by atoms with van der Waals surface area (Å²) < 4.78 is 0. The highest BCUT2D eigenvalue weighted by Crippen LogP contribution is 1.87. The van der Waals surface area contributed by atoms with Gasteiger partial charge in [-0.1, -0.05) is 12.8 Å². The molecule has 0 nitrogen and oxygen atoms in total. The fourth-order valence-corrected chi connectivity index (χ4v) is 0.583. The maximum Gasteiger partial charge on any atom is 0.0544 e. The summed E-state index contributed by atoms with van der Waals surface area (Å²) >= 11 is 1.78. The molecule has 0 unspecified atom stereocenters. The minimum Gasteiger partial charge on any atom is -0.152 e. The van der Waals surface area contributed by atoms with Crippen LogP contribution in [0.15, 0.2) is 0 Å². The second kappa shape index (κ2) is 6.91. The molecule has 0 fully saturated rings. The molecule has 0 atom stereocenters. The SMILES string of the molecule is CCCC#CCSC. The quantitative estimate of drug-likeness (QED) is 0.513. The minimum atomic E-state index is 0.986. The Morgan fingerprint density at radius 2 is 2.12 bits per heavy atom. The molecule has 0 aromatic rings. The van der Waals surface area contributed by atoms with E-state index in [0.29, 0.717) is 0 Å². The van der Waals surface area contributed by atoms with Gasteiger partial charge in [-0.15, -0.1) is 5.92 Å². The first-order valence-electron chi connectivity index (χ1n) is 2.86. The molecule has 0 aliphatic heterocycles. The Kier molecular flexibility index (Phi) is 6.83. The molecule has 0 amide bonds. The summed E-state index contributed by atoms with van der Waals surface area (Å²) in [7, 11) is 0.